The molecule has 25 heavy (non-hydrogen) atoms. The second kappa shape index (κ2) is 8.39. The predicted octanol–water partition coefficient (Wildman–Crippen LogP) is 3.61. The van der Waals surface area contributed by atoms with E-state index in [1.54, 1.807) is 36.4 Å². The number of carbonyl (C=O) groups is 2. The largest absolute Gasteiger partial charge is 0.495 e. The number of hydrogen-bond donors (Lipinski definition) is 2. The van der Waals surface area contributed by atoms with E-state index in [-0.39, 0.29) is 18.2 Å². The summed E-state index contributed by atoms with van der Waals surface area (Å²) >= 11 is 6.08. The zero-order chi connectivity index (χ0) is 18.4. The molecule has 132 valence electrons. The van der Waals surface area contributed by atoms with Gasteiger partial charge in [-0.15, -0.1) is 0 Å². The van der Waals surface area contributed by atoms with Crippen molar-refractivity contribution in [1.82, 2.24) is 0 Å². The Bertz CT molecular complexity index is 793. The van der Waals surface area contributed by atoms with Crippen molar-refractivity contribution in [2.24, 2.45) is 0 Å². The van der Waals surface area contributed by atoms with E-state index < -0.39 is 0 Å². The molecule has 1 amide bonds. The minimum atomic E-state index is -0.284. The van der Waals surface area contributed by atoms with Gasteiger partial charge >= 0.3 is 0 Å². The van der Waals surface area contributed by atoms with Crippen molar-refractivity contribution >= 4 is 34.7 Å². The highest BCUT2D eigenvalue weighted by atomic mass is 35.5. The fourth-order valence-electron chi connectivity index (χ4n) is 2.18. The zero-order valence-corrected chi connectivity index (χ0v) is 14.9. The first kappa shape index (κ1) is 18.6. The van der Waals surface area contributed by atoms with Crippen LogP contribution in [0.1, 0.15) is 17.3 Å². The van der Waals surface area contributed by atoms with Crippen molar-refractivity contribution in [1.29, 1.82) is 0 Å². The van der Waals surface area contributed by atoms with E-state index in [0.29, 0.717) is 33.5 Å². The fourth-order valence-corrected chi connectivity index (χ4v) is 2.42. The van der Waals surface area contributed by atoms with Crippen molar-refractivity contribution in [2.75, 3.05) is 31.4 Å². The molecule has 0 radical (unpaired) electrons. The lowest BCUT2D eigenvalue weighted by Crippen LogP contribution is -2.22. The second-order valence-corrected chi connectivity index (χ2v) is 5.63. The quantitative estimate of drug-likeness (QED) is 0.736. The molecule has 0 bridgehead atoms. The predicted molar refractivity (Wildman–Crippen MR) is 98.1 cm³/mol. The second-order valence-electron chi connectivity index (χ2n) is 5.23. The van der Waals surface area contributed by atoms with Crippen molar-refractivity contribution in [3.05, 3.63) is 47.0 Å². The number of amides is 1. The molecule has 0 unspecified atom stereocenters. The molecule has 0 heterocycles. The molecule has 2 N–H and O–H groups in total. The number of methoxy groups -OCH3 is 2. The maximum atomic E-state index is 12.2. The summed E-state index contributed by atoms with van der Waals surface area (Å²) in [5.74, 6) is 0.572. The Morgan fingerprint density at radius 3 is 2.44 bits per heavy atom. The Labute approximate surface area is 151 Å². The third-order valence-corrected chi connectivity index (χ3v) is 3.77. The third-order valence-electron chi connectivity index (χ3n) is 3.47. The van der Waals surface area contributed by atoms with Crippen molar-refractivity contribution in [3.8, 4) is 11.5 Å². The highest BCUT2D eigenvalue weighted by Crippen LogP contribution is 2.35. The Hall–Kier alpha value is -2.73. The fraction of sp³-hybridized carbons (Fsp3) is 0.222. The number of carbonyl (C=O) groups excluding carboxylic acids is 2. The third kappa shape index (κ3) is 4.87. The van der Waals surface area contributed by atoms with Gasteiger partial charge < -0.3 is 20.1 Å². The van der Waals surface area contributed by atoms with Crippen LogP contribution in [0.25, 0.3) is 0 Å². The highest BCUT2D eigenvalue weighted by Gasteiger charge is 2.12. The van der Waals surface area contributed by atoms with Gasteiger partial charge in [-0.05, 0) is 25.1 Å². The molecule has 0 spiro atoms. The molecule has 0 fully saturated rings. The van der Waals surface area contributed by atoms with E-state index in [1.807, 2.05) is 0 Å². The number of hydrogen-bond acceptors (Lipinski definition) is 5. The van der Waals surface area contributed by atoms with E-state index in [9.17, 15) is 9.59 Å². The first-order valence-electron chi connectivity index (χ1n) is 7.51. The van der Waals surface area contributed by atoms with Crippen LogP contribution in [-0.4, -0.2) is 32.5 Å². The molecule has 0 aliphatic rings. The first-order chi connectivity index (χ1) is 11.9. The maximum absolute atomic E-state index is 12.2. The molecule has 0 aliphatic heterocycles. The summed E-state index contributed by atoms with van der Waals surface area (Å²) in [7, 11) is 2.99. The zero-order valence-electron chi connectivity index (χ0n) is 14.2. The SMILES string of the molecule is COc1cc(OC)c(NC(=O)CNc2cccc(C(C)=O)c2)cc1Cl. The summed E-state index contributed by atoms with van der Waals surface area (Å²) in [4.78, 5) is 23.6. The van der Waals surface area contributed by atoms with Crippen LogP contribution in [0.3, 0.4) is 0 Å². The van der Waals surface area contributed by atoms with Crippen LogP contribution in [0.5, 0.6) is 11.5 Å². The minimum Gasteiger partial charge on any atom is -0.495 e. The Balaban J connectivity index is 2.04. The lowest BCUT2D eigenvalue weighted by molar-refractivity contribution is -0.114. The molecule has 0 aliphatic carbocycles. The molecule has 0 atom stereocenters. The van der Waals surface area contributed by atoms with Gasteiger partial charge in [0, 0.05) is 17.3 Å². The number of nitrogens with one attached hydrogen (secondary N) is 2. The molecule has 0 aromatic heterocycles. The number of ether oxygens (including phenoxy) is 2. The van der Waals surface area contributed by atoms with Crippen LogP contribution < -0.4 is 20.1 Å². The number of halogens is 1. The van der Waals surface area contributed by atoms with Gasteiger partial charge in [0.2, 0.25) is 5.91 Å². The Kier molecular flexibility index (Phi) is 6.25. The minimum absolute atomic E-state index is 0.0220. The molecule has 2 aromatic carbocycles. The van der Waals surface area contributed by atoms with Crippen LogP contribution >= 0.6 is 11.6 Å². The Morgan fingerprint density at radius 2 is 1.80 bits per heavy atom. The van der Waals surface area contributed by atoms with E-state index in [2.05, 4.69) is 10.6 Å². The highest BCUT2D eigenvalue weighted by molar-refractivity contribution is 6.32. The van der Waals surface area contributed by atoms with Gasteiger partial charge in [-0.3, -0.25) is 9.59 Å². The number of benzene rings is 2. The molecule has 0 saturated heterocycles. The van der Waals surface area contributed by atoms with Gasteiger partial charge in [-0.2, -0.15) is 0 Å². The number of Topliss-reactive ketones (excluding diaryl/α,β-unsaturated/α-hetero) is 1. The summed E-state index contributed by atoms with van der Waals surface area (Å²) in [5, 5.41) is 6.06. The standard InChI is InChI=1S/C18H19ClN2O4/c1-11(22)12-5-4-6-13(7-12)20-10-18(23)21-15-8-14(19)16(24-2)9-17(15)25-3/h4-9,20H,10H2,1-3H3,(H,21,23). The van der Waals surface area contributed by atoms with Crippen molar-refractivity contribution in [2.45, 2.75) is 6.92 Å². The van der Waals surface area contributed by atoms with Crippen LogP contribution in [0, 0.1) is 0 Å². The van der Waals surface area contributed by atoms with Crippen LogP contribution in [0.4, 0.5) is 11.4 Å². The summed E-state index contributed by atoms with van der Waals surface area (Å²) in [6, 6.07) is 10.1. The van der Waals surface area contributed by atoms with Crippen LogP contribution in [0.2, 0.25) is 5.02 Å². The van der Waals surface area contributed by atoms with Gasteiger partial charge in [0.1, 0.15) is 11.5 Å². The summed E-state index contributed by atoms with van der Waals surface area (Å²) in [6.07, 6.45) is 0. The molecular weight excluding hydrogens is 344 g/mol. The molecule has 2 aromatic rings. The van der Waals surface area contributed by atoms with Crippen LogP contribution in [0.15, 0.2) is 36.4 Å². The average molecular weight is 363 g/mol. The molecular formula is C18H19ClN2O4. The first-order valence-corrected chi connectivity index (χ1v) is 7.88. The van der Waals surface area contributed by atoms with E-state index in [1.165, 1.54) is 21.1 Å². The lowest BCUT2D eigenvalue weighted by Gasteiger charge is -2.13. The summed E-state index contributed by atoms with van der Waals surface area (Å²) in [5.41, 5.74) is 1.70. The molecule has 7 heteroatoms. The van der Waals surface area contributed by atoms with Gasteiger partial charge in [0.15, 0.2) is 5.78 Å². The topological polar surface area (TPSA) is 76.7 Å². The Morgan fingerprint density at radius 1 is 1.08 bits per heavy atom. The molecule has 0 saturated carbocycles. The summed E-state index contributed by atoms with van der Waals surface area (Å²) in [6.45, 7) is 1.51. The number of ketones is 1. The summed E-state index contributed by atoms with van der Waals surface area (Å²) < 4.78 is 10.4. The van der Waals surface area contributed by atoms with Gasteiger partial charge in [-0.1, -0.05) is 23.7 Å². The van der Waals surface area contributed by atoms with Gasteiger partial charge in [-0.25, -0.2) is 0 Å². The maximum Gasteiger partial charge on any atom is 0.243 e. The van der Waals surface area contributed by atoms with Gasteiger partial charge in [0.05, 0.1) is 31.5 Å². The molecule has 2 rings (SSSR count). The smallest absolute Gasteiger partial charge is 0.243 e. The number of anilines is 2. The lowest BCUT2D eigenvalue weighted by atomic mass is 10.1. The van der Waals surface area contributed by atoms with Gasteiger partial charge in [0.25, 0.3) is 0 Å². The monoisotopic (exact) mass is 362 g/mol. The van der Waals surface area contributed by atoms with E-state index in [0.717, 1.165) is 0 Å². The van der Waals surface area contributed by atoms with Crippen molar-refractivity contribution < 1.29 is 19.1 Å². The molecule has 6 nitrogen and oxygen atoms in total. The van der Waals surface area contributed by atoms with Crippen LogP contribution in [-0.2, 0) is 4.79 Å². The van der Waals surface area contributed by atoms with Crippen molar-refractivity contribution in [3.63, 3.8) is 0 Å². The average Bonchev–Trinajstić information content (AvgIpc) is 2.60. The van der Waals surface area contributed by atoms with E-state index >= 15 is 0 Å². The number of rotatable bonds is 7. The normalized spacial score (nSPS) is 10.1. The van der Waals surface area contributed by atoms with E-state index in [4.69, 9.17) is 21.1 Å².